The summed E-state index contributed by atoms with van der Waals surface area (Å²) >= 11 is 0. The van der Waals surface area contributed by atoms with Gasteiger partial charge in [0.1, 0.15) is 48.3 Å². The second-order valence-electron chi connectivity index (χ2n) is 8.92. The summed E-state index contributed by atoms with van der Waals surface area (Å²) in [6.45, 7) is 5.24. The summed E-state index contributed by atoms with van der Waals surface area (Å²) in [6.07, 6.45) is 3.02. The number of carbonyl (C=O) groups is 1. The Morgan fingerprint density at radius 2 is 2.22 bits per heavy atom. The summed E-state index contributed by atoms with van der Waals surface area (Å²) in [4.78, 5) is 18.3. The van der Waals surface area contributed by atoms with Crippen molar-refractivity contribution in [3.63, 3.8) is 0 Å². The molecule has 0 saturated carbocycles. The van der Waals surface area contributed by atoms with Crippen molar-refractivity contribution in [1.82, 2.24) is 14.7 Å². The van der Waals surface area contributed by atoms with Crippen molar-refractivity contribution in [2.75, 3.05) is 25.1 Å². The number of aliphatic imine (C=N–C) groups is 1. The molecule has 3 aromatic rings. The van der Waals surface area contributed by atoms with Crippen molar-refractivity contribution in [3.05, 3.63) is 77.6 Å². The molecule has 10 heteroatoms. The van der Waals surface area contributed by atoms with Crippen molar-refractivity contribution in [1.29, 1.82) is 5.26 Å². The second-order valence-corrected chi connectivity index (χ2v) is 8.92. The molecule has 0 bridgehead atoms. The molecule has 3 heterocycles. The first-order valence-electron chi connectivity index (χ1n) is 12.0. The lowest BCUT2D eigenvalue weighted by Crippen LogP contribution is -2.40. The number of amidine groups is 1. The van der Waals surface area contributed by atoms with Crippen LogP contribution < -0.4 is 15.8 Å². The summed E-state index contributed by atoms with van der Waals surface area (Å²) in [7, 11) is 0. The molecule has 188 valence electrons. The normalized spacial score (nSPS) is 16.7. The number of amides is 1. The lowest BCUT2D eigenvalue weighted by molar-refractivity contribution is -0.127. The van der Waals surface area contributed by atoms with E-state index in [2.05, 4.69) is 23.0 Å². The van der Waals surface area contributed by atoms with E-state index in [4.69, 9.17) is 15.6 Å². The number of anilines is 1. The molecule has 1 atom stereocenters. The molecule has 0 spiro atoms. The van der Waals surface area contributed by atoms with Crippen LogP contribution in [-0.4, -0.2) is 46.2 Å². The van der Waals surface area contributed by atoms with Crippen molar-refractivity contribution in [2.24, 2.45) is 10.7 Å². The van der Waals surface area contributed by atoms with Crippen LogP contribution in [0.15, 0.2) is 60.1 Å². The quantitative estimate of drug-likeness (QED) is 0.500. The number of hydrogen-bond donors (Lipinski definition) is 2. The first-order valence-corrected chi connectivity index (χ1v) is 12.0. The zero-order valence-electron chi connectivity index (χ0n) is 20.2. The number of rotatable bonds is 6. The Hall–Kier alpha value is -4.65. The number of likely N-dealkylation sites (tertiary alicyclic amines) is 1. The molecule has 2 aliphatic heterocycles. The minimum Gasteiger partial charge on any atom is -0.488 e. The largest absolute Gasteiger partial charge is 0.488 e. The Labute approximate surface area is 213 Å². The summed E-state index contributed by atoms with van der Waals surface area (Å²) in [5.41, 5.74) is 9.22. The highest BCUT2D eigenvalue weighted by Gasteiger charge is 2.31. The number of nitrogens with zero attached hydrogens (tertiary/aromatic N) is 5. The number of nitrogens with one attached hydrogen (secondary N) is 1. The highest BCUT2D eigenvalue weighted by Crippen LogP contribution is 2.36. The molecule has 0 aliphatic carbocycles. The van der Waals surface area contributed by atoms with Crippen LogP contribution in [0.3, 0.4) is 0 Å². The van der Waals surface area contributed by atoms with E-state index in [1.165, 1.54) is 18.2 Å². The molecule has 0 unspecified atom stereocenters. The van der Waals surface area contributed by atoms with Gasteiger partial charge >= 0.3 is 0 Å². The molecule has 9 nitrogen and oxygen atoms in total. The summed E-state index contributed by atoms with van der Waals surface area (Å²) in [5, 5.41) is 18.0. The van der Waals surface area contributed by atoms with Crippen molar-refractivity contribution < 1.29 is 13.9 Å². The fourth-order valence-corrected chi connectivity index (χ4v) is 4.75. The number of hydrogen-bond acceptors (Lipinski definition) is 7. The first kappa shape index (κ1) is 24.1. The van der Waals surface area contributed by atoms with E-state index >= 15 is 0 Å². The summed E-state index contributed by atoms with van der Waals surface area (Å²) in [5.74, 6) is 1.03. The smallest absolute Gasteiger partial charge is 0.246 e. The number of ether oxygens (including phenoxy) is 1. The van der Waals surface area contributed by atoms with Gasteiger partial charge in [0.05, 0.1) is 17.2 Å². The van der Waals surface area contributed by atoms with E-state index in [1.807, 2.05) is 10.7 Å². The highest BCUT2D eigenvalue weighted by atomic mass is 19.1. The Morgan fingerprint density at radius 1 is 1.35 bits per heavy atom. The van der Waals surface area contributed by atoms with Gasteiger partial charge in [-0.1, -0.05) is 18.7 Å². The number of nitriles is 1. The van der Waals surface area contributed by atoms with E-state index in [0.29, 0.717) is 59.3 Å². The molecule has 37 heavy (non-hydrogen) atoms. The number of nitrogens with two attached hydrogens (primary N) is 1. The van der Waals surface area contributed by atoms with Crippen LogP contribution in [0, 0.1) is 17.1 Å². The lowest BCUT2D eigenvalue weighted by atomic mass is 10.0. The predicted octanol–water partition coefficient (Wildman–Crippen LogP) is 3.58. The average molecular weight is 500 g/mol. The molecule has 2 aliphatic rings. The number of halogens is 1. The van der Waals surface area contributed by atoms with E-state index in [1.54, 1.807) is 29.2 Å². The second kappa shape index (κ2) is 10.1. The summed E-state index contributed by atoms with van der Waals surface area (Å²) < 4.78 is 21.2. The van der Waals surface area contributed by atoms with Crippen molar-refractivity contribution in [3.8, 4) is 23.1 Å². The van der Waals surface area contributed by atoms with Crippen LogP contribution in [0.4, 0.5) is 10.2 Å². The third-order valence-electron chi connectivity index (χ3n) is 6.55. The van der Waals surface area contributed by atoms with E-state index in [9.17, 15) is 14.4 Å². The minimum absolute atomic E-state index is 0.0529. The predicted molar refractivity (Wildman–Crippen MR) is 137 cm³/mol. The van der Waals surface area contributed by atoms with Crippen LogP contribution in [-0.2, 0) is 11.4 Å². The SMILES string of the molecule is C=CC(=O)N1CCC[C@@H](n2nc(-c3ccc(OCc4cccc(F)c4)c(C#N)c3)c3c2NCN=C3N)C1. The zero-order valence-corrected chi connectivity index (χ0v) is 20.2. The maximum atomic E-state index is 13.5. The van der Waals surface area contributed by atoms with Crippen molar-refractivity contribution >= 4 is 17.6 Å². The van der Waals surface area contributed by atoms with Gasteiger partial charge in [0, 0.05) is 18.7 Å². The number of piperidine rings is 1. The monoisotopic (exact) mass is 499 g/mol. The standard InChI is InChI=1S/C27H26FN7O2/c1-2-23(36)34-10-4-7-21(14-34)35-27-24(26(30)31-16-32-27)25(33-35)18-8-9-22(19(12-18)13-29)37-15-17-5-3-6-20(28)11-17/h2-3,5-6,8-9,11-12,21,32H,1,4,7,10,14-16H2,(H2,30,31)/t21-/m1/s1. The van der Waals surface area contributed by atoms with Crippen LogP contribution >= 0.6 is 0 Å². The van der Waals surface area contributed by atoms with E-state index in [-0.39, 0.29) is 24.4 Å². The average Bonchev–Trinajstić information content (AvgIpc) is 3.32. The topological polar surface area (TPSA) is 122 Å². The molecule has 0 radical (unpaired) electrons. The Kier molecular flexibility index (Phi) is 6.60. The molecule has 1 amide bonds. The van der Waals surface area contributed by atoms with Gasteiger partial charge in [0.25, 0.3) is 0 Å². The molecule has 3 N–H and O–H groups in total. The maximum absolute atomic E-state index is 13.5. The Balaban J connectivity index is 1.48. The zero-order chi connectivity index (χ0) is 25.9. The Morgan fingerprint density at radius 3 is 3.00 bits per heavy atom. The van der Waals surface area contributed by atoms with Crippen LogP contribution in [0.1, 0.15) is 35.6 Å². The lowest BCUT2D eigenvalue weighted by Gasteiger charge is -2.33. The van der Waals surface area contributed by atoms with Gasteiger partial charge in [0.15, 0.2) is 0 Å². The fraction of sp³-hybridized carbons (Fsp3) is 0.259. The van der Waals surface area contributed by atoms with Crippen molar-refractivity contribution in [2.45, 2.75) is 25.5 Å². The number of carbonyl (C=O) groups excluding carboxylic acids is 1. The van der Waals surface area contributed by atoms with Gasteiger partial charge in [-0.05, 0) is 54.8 Å². The third-order valence-corrected chi connectivity index (χ3v) is 6.55. The van der Waals surface area contributed by atoms with E-state index < -0.39 is 0 Å². The highest BCUT2D eigenvalue weighted by molar-refractivity contribution is 6.08. The molecule has 5 rings (SSSR count). The molecule has 1 saturated heterocycles. The van der Waals surface area contributed by atoms with Gasteiger partial charge < -0.3 is 20.7 Å². The molecule has 1 aromatic heterocycles. The molecular formula is C27H26FN7O2. The number of benzene rings is 2. The summed E-state index contributed by atoms with van der Waals surface area (Å²) in [6, 6.07) is 13.5. The minimum atomic E-state index is -0.347. The maximum Gasteiger partial charge on any atom is 0.246 e. The molecule has 2 aromatic carbocycles. The van der Waals surface area contributed by atoms with Crippen LogP contribution in [0.5, 0.6) is 5.75 Å². The van der Waals surface area contributed by atoms with Crippen LogP contribution in [0.2, 0.25) is 0 Å². The van der Waals surface area contributed by atoms with Gasteiger partial charge in [-0.25, -0.2) is 14.1 Å². The third kappa shape index (κ3) is 4.76. The van der Waals surface area contributed by atoms with Gasteiger partial charge in [-0.15, -0.1) is 0 Å². The van der Waals surface area contributed by atoms with Gasteiger partial charge in [-0.2, -0.15) is 10.4 Å². The van der Waals surface area contributed by atoms with E-state index in [0.717, 1.165) is 18.7 Å². The number of fused-ring (bicyclic) bond motifs is 1. The fourth-order valence-electron chi connectivity index (χ4n) is 4.75. The molecule has 1 fully saturated rings. The number of aromatic nitrogens is 2. The first-order chi connectivity index (χ1) is 18.0. The Bertz CT molecular complexity index is 1440. The van der Waals surface area contributed by atoms with Crippen LogP contribution in [0.25, 0.3) is 11.3 Å². The molecular weight excluding hydrogens is 473 g/mol. The van der Waals surface area contributed by atoms with Gasteiger partial charge in [0.2, 0.25) is 5.91 Å². The van der Waals surface area contributed by atoms with Gasteiger partial charge in [-0.3, -0.25) is 4.79 Å².